The van der Waals surface area contributed by atoms with Crippen molar-refractivity contribution in [1.29, 1.82) is 0 Å². The molecule has 25 heavy (non-hydrogen) atoms. The number of hydrogen-bond acceptors (Lipinski definition) is 7. The van der Waals surface area contributed by atoms with Gasteiger partial charge in [-0.1, -0.05) is 15.5 Å². The molecule has 134 valence electrons. The average Bonchev–Trinajstić information content (AvgIpc) is 3.03. The summed E-state index contributed by atoms with van der Waals surface area (Å²) in [5.41, 5.74) is 2.29. The summed E-state index contributed by atoms with van der Waals surface area (Å²) in [5, 5.41) is 11.3. The van der Waals surface area contributed by atoms with Gasteiger partial charge in [0.2, 0.25) is 5.91 Å². The molecule has 1 aliphatic rings. The van der Waals surface area contributed by atoms with E-state index in [2.05, 4.69) is 20.1 Å². The Morgan fingerprint density at radius 3 is 2.32 bits per heavy atom. The fraction of sp³-hybridized carbons (Fsp3) is 0.562. The smallest absolute Gasteiger partial charge is 0.259 e. The van der Waals surface area contributed by atoms with Gasteiger partial charge in [0.05, 0.1) is 12.1 Å². The third-order valence-electron chi connectivity index (χ3n) is 4.45. The highest BCUT2D eigenvalue weighted by Gasteiger charge is 2.27. The van der Waals surface area contributed by atoms with E-state index < -0.39 is 0 Å². The normalized spacial score (nSPS) is 15.3. The Balaban J connectivity index is 1.63. The lowest BCUT2D eigenvalue weighted by Crippen LogP contribution is -2.38. The number of aryl methyl sites for hydroxylation is 3. The van der Waals surface area contributed by atoms with E-state index in [4.69, 9.17) is 4.52 Å². The summed E-state index contributed by atoms with van der Waals surface area (Å²) < 4.78 is 9.72. The van der Waals surface area contributed by atoms with Gasteiger partial charge >= 0.3 is 0 Å². The highest BCUT2D eigenvalue weighted by molar-refractivity contribution is 5.96. The van der Waals surface area contributed by atoms with Crippen LogP contribution in [0.3, 0.4) is 0 Å². The lowest BCUT2D eigenvalue weighted by Gasteiger charge is -2.22. The van der Waals surface area contributed by atoms with E-state index in [1.54, 1.807) is 30.6 Å². The first kappa shape index (κ1) is 17.1. The van der Waals surface area contributed by atoms with Gasteiger partial charge in [-0.3, -0.25) is 9.59 Å². The Hall–Kier alpha value is -2.71. The van der Waals surface area contributed by atoms with Crippen molar-refractivity contribution in [1.82, 2.24) is 25.3 Å². The highest BCUT2D eigenvalue weighted by atomic mass is 16.6. The predicted molar refractivity (Wildman–Crippen MR) is 85.8 cm³/mol. The quantitative estimate of drug-likeness (QED) is 0.812. The molecule has 0 unspecified atom stereocenters. The van der Waals surface area contributed by atoms with Crippen molar-refractivity contribution in [2.45, 2.75) is 33.6 Å². The van der Waals surface area contributed by atoms with E-state index in [0.717, 1.165) is 6.42 Å². The van der Waals surface area contributed by atoms with E-state index >= 15 is 0 Å². The third kappa shape index (κ3) is 3.54. The maximum Gasteiger partial charge on any atom is 0.259 e. The van der Waals surface area contributed by atoms with E-state index in [0.29, 0.717) is 54.6 Å². The summed E-state index contributed by atoms with van der Waals surface area (Å²) in [6, 6.07) is 0. The molecule has 2 amide bonds. The molecule has 9 nitrogen and oxygen atoms in total. The number of rotatable bonds is 3. The minimum Gasteiger partial charge on any atom is -0.361 e. The Morgan fingerprint density at radius 1 is 0.960 bits per heavy atom. The molecule has 3 rings (SSSR count). The topological polar surface area (TPSA) is 106 Å². The molecule has 0 aromatic carbocycles. The third-order valence-corrected chi connectivity index (χ3v) is 4.45. The van der Waals surface area contributed by atoms with E-state index in [9.17, 15) is 9.59 Å². The molecular formula is C16H21N5O4. The molecule has 1 saturated heterocycles. The van der Waals surface area contributed by atoms with Gasteiger partial charge in [0, 0.05) is 26.2 Å². The molecule has 3 heterocycles. The van der Waals surface area contributed by atoms with Gasteiger partial charge in [-0.15, -0.1) is 0 Å². The average molecular weight is 347 g/mol. The van der Waals surface area contributed by atoms with Crippen LogP contribution in [0.2, 0.25) is 0 Å². The number of nitrogens with zero attached hydrogens (tertiary/aromatic N) is 5. The van der Waals surface area contributed by atoms with Crippen molar-refractivity contribution >= 4 is 11.8 Å². The van der Waals surface area contributed by atoms with Crippen LogP contribution in [0.4, 0.5) is 0 Å². The summed E-state index contributed by atoms with van der Waals surface area (Å²) in [7, 11) is 0. The Labute approximate surface area is 144 Å². The van der Waals surface area contributed by atoms with Crippen LogP contribution in [0.5, 0.6) is 0 Å². The molecule has 2 aromatic heterocycles. The zero-order valence-electron chi connectivity index (χ0n) is 14.6. The maximum atomic E-state index is 12.7. The van der Waals surface area contributed by atoms with Gasteiger partial charge in [-0.2, -0.15) is 0 Å². The standard InChI is InChI=1S/C16H21N5O4/c1-10-13(19-25-18-10)9-14(22)20-5-4-6-21(8-7-20)16(23)15-11(2)17-24-12(15)3/h4-9H2,1-3H3. The predicted octanol–water partition coefficient (Wildman–Crippen LogP) is 0.900. The van der Waals surface area contributed by atoms with Crippen LogP contribution in [-0.4, -0.2) is 63.3 Å². The van der Waals surface area contributed by atoms with Gasteiger partial charge in [0.15, 0.2) is 0 Å². The highest BCUT2D eigenvalue weighted by Crippen LogP contribution is 2.17. The zero-order chi connectivity index (χ0) is 18.0. The Bertz CT molecular complexity index is 762. The summed E-state index contributed by atoms with van der Waals surface area (Å²) in [6.45, 7) is 7.40. The van der Waals surface area contributed by atoms with Crippen LogP contribution in [0.25, 0.3) is 0 Å². The van der Waals surface area contributed by atoms with Gasteiger partial charge in [0.1, 0.15) is 22.7 Å². The van der Waals surface area contributed by atoms with Crippen LogP contribution in [-0.2, 0) is 11.2 Å². The minimum absolute atomic E-state index is 0.0366. The molecule has 0 spiro atoms. The van der Waals surface area contributed by atoms with Crippen LogP contribution in [0, 0.1) is 20.8 Å². The van der Waals surface area contributed by atoms with E-state index in [-0.39, 0.29) is 18.2 Å². The fourth-order valence-corrected chi connectivity index (χ4v) is 2.98. The first-order valence-electron chi connectivity index (χ1n) is 8.25. The SMILES string of the molecule is Cc1nonc1CC(=O)N1CCCN(C(=O)c2c(C)noc2C)CC1. The molecule has 1 aliphatic heterocycles. The van der Waals surface area contributed by atoms with E-state index in [1.165, 1.54) is 0 Å². The number of aromatic nitrogens is 3. The molecule has 0 saturated carbocycles. The van der Waals surface area contributed by atoms with Crippen molar-refractivity contribution in [3.8, 4) is 0 Å². The molecule has 0 bridgehead atoms. The number of amides is 2. The monoisotopic (exact) mass is 347 g/mol. The van der Waals surface area contributed by atoms with Crippen LogP contribution < -0.4 is 0 Å². The van der Waals surface area contributed by atoms with Crippen LogP contribution >= 0.6 is 0 Å². The first-order valence-corrected chi connectivity index (χ1v) is 8.25. The fourth-order valence-electron chi connectivity index (χ4n) is 2.98. The van der Waals surface area contributed by atoms with Gasteiger partial charge < -0.3 is 14.3 Å². The van der Waals surface area contributed by atoms with Crippen molar-refractivity contribution in [3.05, 3.63) is 28.4 Å². The molecule has 9 heteroatoms. The number of hydrogen-bond donors (Lipinski definition) is 0. The van der Waals surface area contributed by atoms with Gasteiger partial charge in [-0.05, 0) is 27.2 Å². The first-order chi connectivity index (χ1) is 12.0. The minimum atomic E-state index is -0.0953. The lowest BCUT2D eigenvalue weighted by molar-refractivity contribution is -0.130. The van der Waals surface area contributed by atoms with Gasteiger partial charge in [-0.25, -0.2) is 4.63 Å². The molecule has 1 fully saturated rings. The molecule has 0 atom stereocenters. The summed E-state index contributed by atoms with van der Waals surface area (Å²) >= 11 is 0. The maximum absolute atomic E-state index is 12.7. The second kappa shape index (κ2) is 7.04. The molecule has 0 aliphatic carbocycles. The second-order valence-corrected chi connectivity index (χ2v) is 6.20. The van der Waals surface area contributed by atoms with Crippen molar-refractivity contribution in [3.63, 3.8) is 0 Å². The number of carbonyl (C=O) groups excluding carboxylic acids is 2. The second-order valence-electron chi connectivity index (χ2n) is 6.20. The van der Waals surface area contributed by atoms with E-state index in [1.807, 2.05) is 0 Å². The molecule has 0 N–H and O–H groups in total. The Kier molecular flexibility index (Phi) is 4.82. The number of carbonyl (C=O) groups is 2. The zero-order valence-corrected chi connectivity index (χ0v) is 14.6. The lowest BCUT2D eigenvalue weighted by atomic mass is 10.1. The van der Waals surface area contributed by atoms with Crippen LogP contribution in [0.1, 0.15) is 39.6 Å². The van der Waals surface area contributed by atoms with Gasteiger partial charge in [0.25, 0.3) is 5.91 Å². The van der Waals surface area contributed by atoms with Crippen molar-refractivity contribution < 1.29 is 18.7 Å². The molecule has 0 radical (unpaired) electrons. The van der Waals surface area contributed by atoms with Crippen molar-refractivity contribution in [2.75, 3.05) is 26.2 Å². The largest absolute Gasteiger partial charge is 0.361 e. The molecular weight excluding hydrogens is 326 g/mol. The summed E-state index contributed by atoms with van der Waals surface area (Å²) in [6.07, 6.45) is 0.879. The van der Waals surface area contributed by atoms with Crippen LogP contribution in [0.15, 0.2) is 9.15 Å². The van der Waals surface area contributed by atoms with Crippen molar-refractivity contribution in [2.24, 2.45) is 0 Å². The summed E-state index contributed by atoms with van der Waals surface area (Å²) in [5.74, 6) is 0.390. The summed E-state index contributed by atoms with van der Waals surface area (Å²) in [4.78, 5) is 28.7. The Morgan fingerprint density at radius 2 is 1.68 bits per heavy atom. The molecule has 2 aromatic rings.